The third-order valence-electron chi connectivity index (χ3n) is 7.20. The summed E-state index contributed by atoms with van der Waals surface area (Å²) in [7, 11) is 1.58. The van der Waals surface area contributed by atoms with E-state index in [0.29, 0.717) is 10.6 Å². The highest BCUT2D eigenvalue weighted by molar-refractivity contribution is 9.10. The summed E-state index contributed by atoms with van der Waals surface area (Å²) in [5.41, 5.74) is 1.54. The number of benzene rings is 2. The van der Waals surface area contributed by atoms with Crippen LogP contribution in [0.25, 0.3) is 16.7 Å². The molecule has 1 aliphatic heterocycles. The van der Waals surface area contributed by atoms with E-state index in [1.165, 1.54) is 0 Å². The van der Waals surface area contributed by atoms with E-state index in [9.17, 15) is 14.7 Å². The van der Waals surface area contributed by atoms with E-state index in [-0.39, 0.29) is 32.6 Å². The SMILES string of the molecule is COc1ccc(Sc2c(O)c3c(=O)n4c(cc3oc2=O)C2(CCCCC2)c2cc(Br)ccc2-4)cc1. The van der Waals surface area contributed by atoms with Crippen LogP contribution in [0, 0.1) is 0 Å². The van der Waals surface area contributed by atoms with E-state index < -0.39 is 5.63 Å². The zero-order valence-electron chi connectivity index (χ0n) is 19.0. The van der Waals surface area contributed by atoms with Gasteiger partial charge in [0.1, 0.15) is 21.6 Å². The maximum atomic E-state index is 13.9. The average Bonchev–Trinajstić information content (AvgIpc) is 3.11. The predicted octanol–water partition coefficient (Wildman–Crippen LogP) is 6.14. The van der Waals surface area contributed by atoms with E-state index in [2.05, 4.69) is 22.0 Å². The summed E-state index contributed by atoms with van der Waals surface area (Å²) in [6.07, 6.45) is 5.12. The lowest BCUT2D eigenvalue weighted by molar-refractivity contribution is 0.346. The molecular formula is C27H22BrNO5S. The zero-order valence-corrected chi connectivity index (χ0v) is 21.4. The fraction of sp³-hybridized carbons (Fsp3) is 0.259. The van der Waals surface area contributed by atoms with Crippen LogP contribution in [0.15, 0.2) is 76.8 Å². The van der Waals surface area contributed by atoms with E-state index in [4.69, 9.17) is 9.15 Å². The molecule has 1 saturated carbocycles. The Balaban J connectivity index is 1.58. The highest BCUT2D eigenvalue weighted by atomic mass is 79.9. The molecule has 1 N–H and O–H groups in total. The fourth-order valence-corrected chi connectivity index (χ4v) is 6.78. The molecule has 4 aromatic rings. The van der Waals surface area contributed by atoms with Crippen molar-refractivity contribution in [2.45, 2.75) is 47.3 Å². The second-order valence-electron chi connectivity index (χ2n) is 9.06. The van der Waals surface area contributed by atoms with Gasteiger partial charge in [-0.3, -0.25) is 9.36 Å². The first-order valence-corrected chi connectivity index (χ1v) is 13.1. The van der Waals surface area contributed by atoms with Gasteiger partial charge in [0, 0.05) is 26.5 Å². The third-order valence-corrected chi connectivity index (χ3v) is 8.77. The number of halogens is 1. The van der Waals surface area contributed by atoms with E-state index in [1.54, 1.807) is 42.0 Å². The topological polar surface area (TPSA) is 81.7 Å². The van der Waals surface area contributed by atoms with Crippen molar-refractivity contribution in [3.8, 4) is 17.2 Å². The van der Waals surface area contributed by atoms with Crippen molar-refractivity contribution in [1.29, 1.82) is 0 Å². The van der Waals surface area contributed by atoms with E-state index >= 15 is 0 Å². The number of aromatic nitrogens is 1. The Kier molecular flexibility index (Phi) is 5.34. The molecule has 178 valence electrons. The van der Waals surface area contributed by atoms with Crippen LogP contribution in [0.4, 0.5) is 0 Å². The molecule has 2 aliphatic rings. The Morgan fingerprint density at radius 1 is 1.06 bits per heavy atom. The first kappa shape index (κ1) is 22.5. The minimum Gasteiger partial charge on any atom is -0.505 e. The van der Waals surface area contributed by atoms with Crippen molar-refractivity contribution in [2.24, 2.45) is 0 Å². The molecule has 2 aromatic carbocycles. The standard InChI is InChI=1S/C27H22BrNO5S/c1-33-16-6-8-17(9-7-16)35-24-23(30)22-20(34-26(24)32)14-21-27(11-3-2-4-12-27)18-13-15(28)5-10-19(18)29(21)25(22)31/h5-10,13-14,30H,2-4,11-12H2,1H3. The summed E-state index contributed by atoms with van der Waals surface area (Å²) in [6.45, 7) is 0. The highest BCUT2D eigenvalue weighted by Crippen LogP contribution is 2.52. The molecule has 0 saturated heterocycles. The Morgan fingerprint density at radius 2 is 1.80 bits per heavy atom. The molecule has 3 heterocycles. The van der Waals surface area contributed by atoms with Gasteiger partial charge in [0.2, 0.25) is 0 Å². The second-order valence-corrected chi connectivity index (χ2v) is 11.1. The largest absolute Gasteiger partial charge is 0.505 e. The second kappa shape index (κ2) is 8.31. The number of fused-ring (bicyclic) bond motifs is 6. The van der Waals surface area contributed by atoms with Crippen LogP contribution < -0.4 is 15.9 Å². The third kappa shape index (κ3) is 3.37. The number of ether oxygens (including phenoxy) is 1. The van der Waals surface area contributed by atoms with Gasteiger partial charge in [-0.1, -0.05) is 47.0 Å². The number of rotatable bonds is 3. The van der Waals surface area contributed by atoms with Crippen molar-refractivity contribution >= 4 is 38.7 Å². The van der Waals surface area contributed by atoms with Crippen LogP contribution in [-0.2, 0) is 5.41 Å². The van der Waals surface area contributed by atoms with Crippen molar-refractivity contribution in [3.63, 3.8) is 0 Å². The summed E-state index contributed by atoms with van der Waals surface area (Å²) in [4.78, 5) is 27.6. The zero-order chi connectivity index (χ0) is 24.3. The Bertz CT molecular complexity index is 1600. The first-order chi connectivity index (χ1) is 16.9. The smallest absolute Gasteiger partial charge is 0.354 e. The Morgan fingerprint density at radius 3 is 2.51 bits per heavy atom. The van der Waals surface area contributed by atoms with Crippen LogP contribution in [0.5, 0.6) is 11.5 Å². The molecule has 1 spiro atoms. The van der Waals surface area contributed by atoms with E-state index in [1.807, 2.05) is 12.1 Å². The highest BCUT2D eigenvalue weighted by Gasteiger charge is 2.45. The van der Waals surface area contributed by atoms with Crippen molar-refractivity contribution in [1.82, 2.24) is 4.57 Å². The number of aromatic hydroxyl groups is 1. The molecular weight excluding hydrogens is 530 g/mol. The van der Waals surface area contributed by atoms with Gasteiger partial charge in [-0.2, -0.15) is 0 Å². The van der Waals surface area contributed by atoms with Gasteiger partial charge in [-0.25, -0.2) is 4.79 Å². The van der Waals surface area contributed by atoms with Crippen LogP contribution in [0.3, 0.4) is 0 Å². The maximum absolute atomic E-state index is 13.9. The molecule has 0 unspecified atom stereocenters. The molecule has 0 bridgehead atoms. The molecule has 1 aliphatic carbocycles. The van der Waals surface area contributed by atoms with Crippen molar-refractivity contribution in [3.05, 3.63) is 85.0 Å². The molecule has 1 fully saturated rings. The van der Waals surface area contributed by atoms with Gasteiger partial charge in [0.15, 0.2) is 5.75 Å². The molecule has 35 heavy (non-hydrogen) atoms. The number of hydrogen-bond donors (Lipinski definition) is 1. The van der Waals surface area contributed by atoms with E-state index in [0.717, 1.165) is 65.3 Å². The van der Waals surface area contributed by atoms with Crippen LogP contribution in [-0.4, -0.2) is 16.8 Å². The van der Waals surface area contributed by atoms with Gasteiger partial charge in [-0.15, -0.1) is 0 Å². The minimum atomic E-state index is -0.670. The number of methoxy groups -OCH3 is 1. The first-order valence-electron chi connectivity index (χ1n) is 11.5. The average molecular weight is 552 g/mol. The summed E-state index contributed by atoms with van der Waals surface area (Å²) in [5.74, 6) is 0.334. The fourth-order valence-electron chi connectivity index (χ4n) is 5.59. The normalized spacial score (nSPS) is 15.8. The quantitative estimate of drug-likeness (QED) is 0.329. The summed E-state index contributed by atoms with van der Waals surface area (Å²) < 4.78 is 13.5. The molecule has 2 aromatic heterocycles. The van der Waals surface area contributed by atoms with Gasteiger partial charge >= 0.3 is 5.63 Å². The molecule has 6 nitrogen and oxygen atoms in total. The van der Waals surface area contributed by atoms with Crippen molar-refractivity contribution < 1.29 is 14.3 Å². The lowest BCUT2D eigenvalue weighted by atomic mass is 9.68. The number of pyridine rings is 1. The van der Waals surface area contributed by atoms with Crippen LogP contribution in [0.1, 0.15) is 43.4 Å². The van der Waals surface area contributed by atoms with Crippen LogP contribution in [0.2, 0.25) is 0 Å². The molecule has 0 radical (unpaired) electrons. The predicted molar refractivity (Wildman–Crippen MR) is 138 cm³/mol. The van der Waals surface area contributed by atoms with Gasteiger partial charge < -0.3 is 14.3 Å². The lowest BCUT2D eigenvalue weighted by Gasteiger charge is -2.34. The molecule has 0 atom stereocenters. The van der Waals surface area contributed by atoms with Gasteiger partial charge in [-0.05, 0) is 60.9 Å². The number of hydrogen-bond acceptors (Lipinski definition) is 6. The summed E-state index contributed by atoms with van der Waals surface area (Å²) >= 11 is 4.66. The van der Waals surface area contributed by atoms with Gasteiger partial charge in [0.05, 0.1) is 12.8 Å². The Hall–Kier alpha value is -2.97. The van der Waals surface area contributed by atoms with Gasteiger partial charge in [0.25, 0.3) is 5.56 Å². The lowest BCUT2D eigenvalue weighted by Crippen LogP contribution is -2.31. The number of nitrogens with zero attached hydrogens (tertiary/aromatic N) is 1. The summed E-state index contributed by atoms with van der Waals surface area (Å²) in [6, 6.07) is 14.9. The van der Waals surface area contributed by atoms with Crippen molar-refractivity contribution in [2.75, 3.05) is 7.11 Å². The molecule has 6 rings (SSSR count). The molecule has 0 amide bonds. The Labute approximate surface area is 213 Å². The maximum Gasteiger partial charge on any atom is 0.354 e. The monoisotopic (exact) mass is 551 g/mol. The molecule has 8 heteroatoms. The summed E-state index contributed by atoms with van der Waals surface area (Å²) in [5, 5.41) is 11.2. The minimum absolute atomic E-state index is 0.0123. The van der Waals surface area contributed by atoms with Crippen LogP contribution >= 0.6 is 27.7 Å².